The van der Waals surface area contributed by atoms with Crippen LogP contribution >= 0.6 is 0 Å². The van der Waals surface area contributed by atoms with E-state index in [1.165, 1.54) is 28.8 Å². The number of benzene rings is 1. The van der Waals surface area contributed by atoms with Crippen LogP contribution in [0.25, 0.3) is 0 Å². The van der Waals surface area contributed by atoms with Gasteiger partial charge < -0.3 is 14.7 Å². The Hall–Kier alpha value is -1.91. The summed E-state index contributed by atoms with van der Waals surface area (Å²) in [7, 11) is 4.18. The summed E-state index contributed by atoms with van der Waals surface area (Å²) in [6.45, 7) is 4.81. The number of hydrogen-bond acceptors (Lipinski definition) is 4. The zero-order valence-electron chi connectivity index (χ0n) is 21.1. The lowest BCUT2D eigenvalue weighted by atomic mass is 9.50. The van der Waals surface area contributed by atoms with Crippen molar-refractivity contribution < 1.29 is 14.6 Å². The fourth-order valence-electron chi connectivity index (χ4n) is 8.67. The van der Waals surface area contributed by atoms with Crippen molar-refractivity contribution in [1.29, 1.82) is 0 Å². The molecule has 0 aromatic heterocycles. The van der Waals surface area contributed by atoms with Crippen molar-refractivity contribution in [3.63, 3.8) is 0 Å². The van der Waals surface area contributed by atoms with Crippen LogP contribution in [0.4, 0.5) is 5.69 Å². The van der Waals surface area contributed by atoms with Crippen molar-refractivity contribution in [3.05, 3.63) is 52.6 Å². The Labute approximate surface area is 204 Å². The van der Waals surface area contributed by atoms with Crippen molar-refractivity contribution in [1.82, 2.24) is 0 Å². The maximum atomic E-state index is 12.4. The first-order chi connectivity index (χ1) is 16.2. The number of anilines is 1. The molecule has 1 saturated heterocycles. The topological polar surface area (TPSA) is 49.8 Å². The maximum Gasteiger partial charge on any atom is 0.156 e. The van der Waals surface area contributed by atoms with Crippen LogP contribution in [0.3, 0.4) is 0 Å². The first-order valence-electron chi connectivity index (χ1n) is 13.3. The number of allylic oxidation sites excluding steroid dienone is 4. The quantitative estimate of drug-likeness (QED) is 0.608. The van der Waals surface area contributed by atoms with Gasteiger partial charge in [0.15, 0.2) is 12.1 Å². The lowest BCUT2D eigenvalue weighted by Gasteiger charge is -2.56. The fraction of sp³-hybridized carbons (Fsp3) is 0.633. The van der Waals surface area contributed by atoms with E-state index in [0.717, 1.165) is 38.5 Å². The normalized spacial score (nSPS) is 41.3. The van der Waals surface area contributed by atoms with E-state index in [2.05, 4.69) is 57.1 Å². The second-order valence-corrected chi connectivity index (χ2v) is 12.2. The molecule has 1 aliphatic heterocycles. The standard InChI is InChI=1S/C30H39NO3/c1-18-15-24-26-11-13-30(14-12-27(33)34-30)29(26,2)17-25(19-5-7-20(8-6-19)31(3)4)28(24)22-10-9-21(32)16-23(18)22/h5-8,16,18,24-27,33H,9-15,17H2,1-4H3/t18-,24+,25-,26+,27?,29+,30?/m1/s1. The van der Waals surface area contributed by atoms with E-state index in [4.69, 9.17) is 4.74 Å². The van der Waals surface area contributed by atoms with Crippen molar-refractivity contribution in [3.8, 4) is 0 Å². The first kappa shape index (κ1) is 22.5. The molecule has 1 aromatic carbocycles. The van der Waals surface area contributed by atoms with E-state index >= 15 is 0 Å². The minimum atomic E-state index is -0.614. The molecule has 34 heavy (non-hydrogen) atoms. The first-order valence-corrected chi connectivity index (χ1v) is 13.3. The molecule has 2 saturated carbocycles. The molecular formula is C30H39NO3. The molecule has 4 heteroatoms. The van der Waals surface area contributed by atoms with E-state index in [-0.39, 0.29) is 11.0 Å². The van der Waals surface area contributed by atoms with Gasteiger partial charge in [0.1, 0.15) is 0 Å². The molecule has 1 spiro atoms. The lowest BCUT2D eigenvalue weighted by molar-refractivity contribution is -0.186. The SMILES string of the molecule is C[C@@H]1C[C@@H]2C(=C3CCC(=O)C=C31)[C@@H](c1ccc(N(C)C)cc1)C[C@@]1(C)[C@H]2CCC12CCC(O)O2. The fourth-order valence-corrected chi connectivity index (χ4v) is 8.67. The molecule has 1 aromatic rings. The molecule has 1 heterocycles. The Balaban J connectivity index is 1.51. The second kappa shape index (κ2) is 7.80. The summed E-state index contributed by atoms with van der Waals surface area (Å²) < 4.78 is 6.42. The molecule has 1 N–H and O–H groups in total. The predicted molar refractivity (Wildman–Crippen MR) is 135 cm³/mol. The highest BCUT2D eigenvalue weighted by Gasteiger charge is 2.65. The third kappa shape index (κ3) is 3.14. The van der Waals surface area contributed by atoms with Crippen LogP contribution in [-0.2, 0) is 9.53 Å². The Morgan fingerprint density at radius 2 is 1.82 bits per heavy atom. The van der Waals surface area contributed by atoms with Crippen LogP contribution in [0.5, 0.6) is 0 Å². The summed E-state index contributed by atoms with van der Waals surface area (Å²) in [6, 6.07) is 9.15. The van der Waals surface area contributed by atoms with Crippen molar-refractivity contribution in [2.45, 2.75) is 83.0 Å². The predicted octanol–water partition coefficient (Wildman–Crippen LogP) is 5.77. The highest BCUT2D eigenvalue weighted by Crippen LogP contribution is 2.70. The van der Waals surface area contributed by atoms with Crippen molar-refractivity contribution >= 4 is 11.5 Å². The van der Waals surface area contributed by atoms with Crippen LogP contribution in [-0.4, -0.2) is 36.9 Å². The summed E-state index contributed by atoms with van der Waals surface area (Å²) >= 11 is 0. The average molecular weight is 462 g/mol. The van der Waals surface area contributed by atoms with Gasteiger partial charge in [-0.15, -0.1) is 0 Å². The molecule has 7 atom stereocenters. The van der Waals surface area contributed by atoms with Gasteiger partial charge in [0.05, 0.1) is 5.60 Å². The molecule has 4 nitrogen and oxygen atoms in total. The summed E-state index contributed by atoms with van der Waals surface area (Å²) in [5.74, 6) is 2.19. The van der Waals surface area contributed by atoms with Crippen LogP contribution in [0.2, 0.25) is 0 Å². The van der Waals surface area contributed by atoms with Crippen LogP contribution < -0.4 is 4.90 Å². The number of carbonyl (C=O) groups is 1. The van der Waals surface area contributed by atoms with Crippen molar-refractivity contribution in [2.75, 3.05) is 19.0 Å². The van der Waals surface area contributed by atoms with Gasteiger partial charge in [-0.25, -0.2) is 0 Å². The Morgan fingerprint density at radius 3 is 2.50 bits per heavy atom. The zero-order chi connectivity index (χ0) is 23.8. The Kier molecular flexibility index (Phi) is 5.17. The highest BCUT2D eigenvalue weighted by atomic mass is 16.6. The molecule has 5 aliphatic rings. The van der Waals surface area contributed by atoms with E-state index in [9.17, 15) is 9.90 Å². The summed E-state index contributed by atoms with van der Waals surface area (Å²) in [4.78, 5) is 14.5. The minimum absolute atomic E-state index is 0.0511. The number of hydrogen-bond donors (Lipinski definition) is 1. The zero-order valence-corrected chi connectivity index (χ0v) is 21.1. The van der Waals surface area contributed by atoms with Gasteiger partial charge in [-0.2, -0.15) is 0 Å². The largest absolute Gasteiger partial charge is 0.378 e. The number of fused-ring (bicyclic) bond motifs is 5. The van der Waals surface area contributed by atoms with E-state index in [1.807, 2.05) is 6.08 Å². The highest BCUT2D eigenvalue weighted by molar-refractivity contribution is 5.93. The molecule has 0 amide bonds. The number of rotatable bonds is 2. The number of aliphatic hydroxyl groups is 1. The van der Waals surface area contributed by atoms with Gasteiger partial charge in [-0.3, -0.25) is 4.79 Å². The van der Waals surface area contributed by atoms with E-state index in [1.54, 1.807) is 5.57 Å². The van der Waals surface area contributed by atoms with Crippen LogP contribution in [0.1, 0.15) is 76.7 Å². The van der Waals surface area contributed by atoms with Gasteiger partial charge in [-0.1, -0.05) is 31.6 Å². The third-order valence-corrected chi connectivity index (χ3v) is 10.3. The number of carbonyl (C=O) groups excluding carboxylic acids is 1. The van der Waals surface area contributed by atoms with Gasteiger partial charge in [-0.05, 0) is 91.2 Å². The molecule has 2 unspecified atom stereocenters. The monoisotopic (exact) mass is 461 g/mol. The number of ether oxygens (including phenoxy) is 1. The molecule has 4 aliphatic carbocycles. The second-order valence-electron chi connectivity index (χ2n) is 12.2. The Bertz CT molecular complexity index is 1070. The molecular weight excluding hydrogens is 422 g/mol. The molecule has 0 bridgehead atoms. The molecule has 6 rings (SSSR count). The number of ketones is 1. The maximum absolute atomic E-state index is 12.4. The van der Waals surface area contributed by atoms with E-state index in [0.29, 0.717) is 35.9 Å². The summed E-state index contributed by atoms with van der Waals surface area (Å²) in [6.07, 6.45) is 9.08. The smallest absolute Gasteiger partial charge is 0.156 e. The molecule has 0 radical (unpaired) electrons. The van der Waals surface area contributed by atoms with E-state index < -0.39 is 6.29 Å². The molecule has 182 valence electrons. The van der Waals surface area contributed by atoms with Gasteiger partial charge in [0.2, 0.25) is 0 Å². The average Bonchev–Trinajstić information content (AvgIpc) is 3.33. The third-order valence-electron chi connectivity index (χ3n) is 10.3. The minimum Gasteiger partial charge on any atom is -0.378 e. The Morgan fingerprint density at radius 1 is 1.09 bits per heavy atom. The van der Waals surface area contributed by atoms with Gasteiger partial charge in [0, 0.05) is 44.0 Å². The number of nitrogens with zero attached hydrogens (tertiary/aromatic N) is 1. The molecule has 3 fully saturated rings. The van der Waals surface area contributed by atoms with Crippen LogP contribution in [0, 0.1) is 23.2 Å². The number of aliphatic hydroxyl groups excluding tert-OH is 1. The van der Waals surface area contributed by atoms with Gasteiger partial charge >= 0.3 is 0 Å². The summed E-state index contributed by atoms with van der Waals surface area (Å²) in [5, 5.41) is 10.4. The van der Waals surface area contributed by atoms with Crippen molar-refractivity contribution in [2.24, 2.45) is 23.2 Å². The van der Waals surface area contributed by atoms with Crippen LogP contribution in [0.15, 0.2) is 47.1 Å². The summed E-state index contributed by atoms with van der Waals surface area (Å²) in [5.41, 5.74) is 6.92. The van der Waals surface area contributed by atoms with Gasteiger partial charge in [0.25, 0.3) is 0 Å². The lowest BCUT2D eigenvalue weighted by Crippen LogP contribution is -2.52.